The Bertz CT molecular complexity index is 5150. The quantitative estimate of drug-likeness (QED) is 0.0193. The molecule has 0 bridgehead atoms. The Balaban J connectivity index is 1.34. The van der Waals surface area contributed by atoms with Gasteiger partial charge >= 0.3 is 5.97 Å². The van der Waals surface area contributed by atoms with Crippen molar-refractivity contribution in [3.05, 3.63) is 143 Å². The van der Waals surface area contributed by atoms with Gasteiger partial charge < -0.3 is 105 Å². The molecule has 132 heavy (non-hydrogen) atoms. The first kappa shape index (κ1) is 106. The van der Waals surface area contributed by atoms with Crippen molar-refractivity contribution in [2.75, 3.05) is 27.2 Å². The second-order valence-electron chi connectivity index (χ2n) is 35.4. The number of methoxy groups -OCH3 is 1. The number of nitrogens with zero attached hydrogens (tertiary/aromatic N) is 2. The number of carbonyl (C=O) groups excluding carboxylic acids is 16. The van der Waals surface area contributed by atoms with Gasteiger partial charge in [-0.15, -0.1) is 0 Å². The fourth-order valence-corrected chi connectivity index (χ4v) is 18.1. The van der Waals surface area contributed by atoms with Crippen LogP contribution < -0.4 is 85.3 Å². The lowest BCUT2D eigenvalue weighted by Crippen LogP contribution is -2.65. The molecule has 6 aromatic rings. The molecule has 13 atom stereocenters. The van der Waals surface area contributed by atoms with Gasteiger partial charge in [0.05, 0.1) is 26.2 Å². The average Bonchev–Trinajstić information content (AvgIpc) is 1.21. The predicted octanol–water partition coefficient (Wildman–Crippen LogP) is 1.95. The molecule has 0 radical (unpaired) electrons. The minimum Gasteiger partial charge on any atom is -0.497 e. The van der Waals surface area contributed by atoms with Gasteiger partial charge in [0.2, 0.25) is 94.5 Å². The number of amides is 16. The lowest BCUT2D eigenvalue weighted by atomic mass is 9.88. The smallest absolute Gasteiger partial charge is 0.303 e. The Hall–Kier alpha value is -12.7. The number of aliphatic carboxylic acids is 1. The minimum absolute atomic E-state index is 0.0284. The van der Waals surface area contributed by atoms with Gasteiger partial charge in [0.15, 0.2) is 0 Å². The Morgan fingerprint density at radius 3 is 1.83 bits per heavy atom. The molecule has 2 aromatic heterocycles. The number of carboxylic acid groups (broad SMARTS) is 1. The van der Waals surface area contributed by atoms with Gasteiger partial charge in [0.1, 0.15) is 77.7 Å². The SMILES string of the molecule is COc1ccc(C[C@H](NC(=O)[C@H]2NC(=O)[C@H](CCCCNC(C)=O)NC(=O)[C@H](Cc3c[nH]c4c(C)cccc34)NC(=O)[C@H]([C@@H](C)O)NC(=O)[C@H](CC(C)C)NC(=O)[C@@H](NC(C)=O)C(C)(C)SSC2(C)C)C(=O)N[C@@H](Cc2ccc3ccccc3c2)C(=O)N[C@@](C)(CC(C)C)C(=O)N[C@@H](CCC(=O)O)C(=O)N[C@@H](CC(N)=O)C(=O)N[C@@H](Cc2cccnc2)C(=O)N(C)CC(N)=O)cc1. The van der Waals surface area contributed by atoms with E-state index in [4.69, 9.17) is 16.2 Å². The number of carbonyl (C=O) groups is 17. The van der Waals surface area contributed by atoms with Crippen LogP contribution in [0.2, 0.25) is 0 Å². The number of aromatic nitrogens is 2. The van der Waals surface area contributed by atoms with E-state index in [9.17, 15) is 58.2 Å². The molecule has 0 spiro atoms. The van der Waals surface area contributed by atoms with Crippen LogP contribution in [-0.2, 0) is 107 Å². The van der Waals surface area contributed by atoms with Crippen molar-refractivity contribution in [1.82, 2.24) is 84.0 Å². The third-order valence-corrected chi connectivity index (χ3v) is 26.3. The molecule has 38 nitrogen and oxygen atoms in total. The molecule has 7 rings (SSSR count). The molecule has 1 aliphatic heterocycles. The van der Waals surface area contributed by atoms with Crippen LogP contribution in [0.1, 0.15) is 162 Å². The summed E-state index contributed by atoms with van der Waals surface area (Å²) in [5.41, 5.74) is 12.3. The molecular weight excluding hydrogens is 1740 g/mol. The number of H-pyrrole nitrogens is 1. The van der Waals surface area contributed by atoms with Crippen molar-refractivity contribution in [2.24, 2.45) is 23.3 Å². The van der Waals surface area contributed by atoms with Crippen molar-refractivity contribution in [3.8, 4) is 5.75 Å². The number of aliphatic hydroxyl groups excluding tert-OH is 1. The summed E-state index contributed by atoms with van der Waals surface area (Å²) in [4.78, 5) is 253. The van der Waals surface area contributed by atoms with Crippen LogP contribution in [0.15, 0.2) is 116 Å². The molecule has 0 saturated carbocycles. The molecule has 4 aromatic carbocycles. The van der Waals surface area contributed by atoms with Crippen LogP contribution in [0.25, 0.3) is 21.7 Å². The van der Waals surface area contributed by atoms with E-state index in [2.05, 4.69) is 79.1 Å². The minimum atomic E-state index is -2.11. The van der Waals surface area contributed by atoms with Crippen LogP contribution in [0.4, 0.5) is 0 Å². The highest BCUT2D eigenvalue weighted by Crippen LogP contribution is 2.47. The fourth-order valence-electron chi connectivity index (χ4n) is 15.2. The van der Waals surface area contributed by atoms with E-state index in [0.717, 1.165) is 37.4 Å². The van der Waals surface area contributed by atoms with Crippen molar-refractivity contribution >= 4 is 144 Å². The van der Waals surface area contributed by atoms with Gasteiger partial charge in [0.25, 0.3) is 0 Å². The maximum absolute atomic E-state index is 16.3. The van der Waals surface area contributed by atoms with Gasteiger partial charge in [-0.1, -0.05) is 128 Å². The first-order valence-corrected chi connectivity index (χ1v) is 45.7. The van der Waals surface area contributed by atoms with Crippen LogP contribution >= 0.6 is 21.6 Å². The summed E-state index contributed by atoms with van der Waals surface area (Å²) >= 11 is 0. The summed E-state index contributed by atoms with van der Waals surface area (Å²) in [7, 11) is 4.63. The predicted molar refractivity (Wildman–Crippen MR) is 496 cm³/mol. The van der Waals surface area contributed by atoms with E-state index in [1.165, 1.54) is 54.2 Å². The van der Waals surface area contributed by atoms with Crippen molar-refractivity contribution in [2.45, 2.75) is 255 Å². The maximum atomic E-state index is 16.3. The number of aromatic amines is 1. The molecule has 0 unspecified atom stereocenters. The van der Waals surface area contributed by atoms with Crippen LogP contribution in [0.3, 0.4) is 0 Å². The average molecular weight is 1870 g/mol. The summed E-state index contributed by atoms with van der Waals surface area (Å²) in [6.07, 6.45) is -0.755. The Labute approximate surface area is 774 Å². The molecular formula is C92H126N18O20S2. The number of unbranched alkanes of at least 4 members (excludes halogenated alkanes) is 1. The number of primary amides is 2. The molecule has 3 heterocycles. The number of para-hydroxylation sites is 1. The number of rotatable bonds is 40. The molecule has 1 aliphatic rings. The summed E-state index contributed by atoms with van der Waals surface area (Å²) < 4.78 is 2.42. The summed E-state index contributed by atoms with van der Waals surface area (Å²) in [6.45, 7) is 19.7. The zero-order valence-electron chi connectivity index (χ0n) is 77.1. The van der Waals surface area contributed by atoms with E-state index < -0.39 is 214 Å². The number of ether oxygens (including phenoxy) is 1. The van der Waals surface area contributed by atoms with Crippen LogP contribution in [-0.4, -0.2) is 240 Å². The molecule has 1 saturated heterocycles. The van der Waals surface area contributed by atoms with Gasteiger partial charge in [-0.05, 0) is 156 Å². The molecule has 16 amide bonds. The standard InChI is InChI=1S/C92H126N18O20S2/c1-49(2)38-65-83(123)107-75(52(6)111)85(125)102-68(43-60-47-97-74-51(5)22-20-26-62(60)74)81(121)99-63(27-18-19-37-96-53(7)112)79(119)108-77(91(11,12)132-131-90(9,10)76(86(126)103-65)98-54(8)113)87(127)104-66(40-55-29-32-61(130-15)33-30-55)80(120)100-67(41-56-28-31-58-24-16-17-25-59(58)39-56)84(124)109-92(13,45-50(3)4)89(129)106-64(34-35-73(116)117)78(118)101-69(44-71(93)114)82(122)105-70(42-57-23-21-36-95-46-57)88(128)110(14)48-72(94)115/h16-17,20-26,28-33,36,39,46-47,49-50,52,63-70,75-77,97,111H,18-19,27,34-35,37-38,40-45,48H2,1-15H3,(H2,93,114)(H2,94,115)(H,96,112)(H,98,113)(H,99,121)(H,100,120)(H,101,118)(H,102,125)(H,103,126)(H,104,127)(H,105,122)(H,106,129)(H,107,123)(H,108,119)(H,109,124)(H,116,117)/t52-,63+,64+,65+,66+,67+,68+,69+,70+,75+,76-,77-,92+/m1/s1. The number of benzene rings is 4. The molecule has 0 aliphatic carbocycles. The lowest BCUT2D eigenvalue weighted by molar-refractivity contribution is -0.140. The number of nitrogens with two attached hydrogens (primary N) is 2. The Morgan fingerprint density at radius 2 is 1.21 bits per heavy atom. The fraction of sp³-hybridized carbons (Fsp3) is 0.500. The van der Waals surface area contributed by atoms with Crippen molar-refractivity contribution < 1.29 is 96.5 Å². The number of nitrogens with one attached hydrogen (secondary N) is 14. The molecule has 20 N–H and O–H groups in total. The largest absolute Gasteiger partial charge is 0.497 e. The first-order valence-electron chi connectivity index (χ1n) is 43.6. The highest BCUT2D eigenvalue weighted by atomic mass is 33.1. The van der Waals surface area contributed by atoms with Gasteiger partial charge in [-0.3, -0.25) is 86.5 Å². The van der Waals surface area contributed by atoms with E-state index in [-0.39, 0.29) is 76.2 Å². The monoisotopic (exact) mass is 1870 g/mol. The highest BCUT2D eigenvalue weighted by molar-refractivity contribution is 8.77. The normalized spacial score (nSPS) is 19.2. The Kier molecular flexibility index (Phi) is 39.4. The van der Waals surface area contributed by atoms with Gasteiger partial charge in [-0.25, -0.2) is 0 Å². The van der Waals surface area contributed by atoms with Crippen molar-refractivity contribution in [1.29, 1.82) is 0 Å². The van der Waals surface area contributed by atoms with Gasteiger partial charge in [-0.2, -0.15) is 0 Å². The van der Waals surface area contributed by atoms with E-state index in [1.807, 2.05) is 31.2 Å². The van der Waals surface area contributed by atoms with E-state index in [1.54, 1.807) is 134 Å². The number of aryl methyl sites for hydroxylation is 1. The second kappa shape index (κ2) is 49.0. The molecule has 40 heteroatoms. The van der Waals surface area contributed by atoms with Crippen LogP contribution in [0, 0.1) is 18.8 Å². The molecule has 1 fully saturated rings. The topological polar surface area (TPSA) is 580 Å². The third kappa shape index (κ3) is 32.1. The summed E-state index contributed by atoms with van der Waals surface area (Å²) in [6, 6.07) is 9.07. The first-order chi connectivity index (χ1) is 62.1. The third-order valence-electron chi connectivity index (χ3n) is 22.1. The number of hydrogen-bond acceptors (Lipinski definition) is 22. The van der Waals surface area contributed by atoms with Gasteiger partial charge in [0, 0.05) is 98.5 Å². The van der Waals surface area contributed by atoms with E-state index in [0.29, 0.717) is 44.3 Å². The Morgan fingerprint density at radius 1 is 0.614 bits per heavy atom. The number of carboxylic acids is 1. The number of fused-ring (bicyclic) bond motifs is 2. The highest BCUT2D eigenvalue weighted by Gasteiger charge is 2.48. The van der Waals surface area contributed by atoms with E-state index >= 15 is 33.6 Å². The second-order valence-corrected chi connectivity index (χ2v) is 38.9. The zero-order chi connectivity index (χ0) is 97.8. The summed E-state index contributed by atoms with van der Waals surface area (Å²) in [5, 5.41) is 58.8. The number of hydrogen-bond donors (Lipinski definition) is 18. The lowest BCUT2D eigenvalue weighted by Gasteiger charge is -2.39. The number of pyridine rings is 1. The summed E-state index contributed by atoms with van der Waals surface area (Å²) in [5.74, 6) is -17.1. The number of likely N-dealkylation sites (N-methyl/N-ethyl adjacent to an activating group) is 1. The zero-order valence-corrected chi connectivity index (χ0v) is 78.7. The van der Waals surface area contributed by atoms with Crippen molar-refractivity contribution in [3.63, 3.8) is 0 Å². The maximum Gasteiger partial charge on any atom is 0.303 e. The number of aliphatic hydroxyl groups is 1. The molecule has 716 valence electrons. The van der Waals surface area contributed by atoms with Crippen LogP contribution in [0.5, 0.6) is 5.75 Å².